The number of carbonyl (C=O) groups excluding carboxylic acids is 1. The molecule has 0 atom stereocenters. The molecule has 0 spiro atoms. The maximum absolute atomic E-state index is 11.8. The van der Waals surface area contributed by atoms with E-state index < -0.39 is 0 Å². The first-order valence-corrected chi connectivity index (χ1v) is 7.77. The summed E-state index contributed by atoms with van der Waals surface area (Å²) in [4.78, 5) is 21.7. The fourth-order valence-corrected chi connectivity index (χ4v) is 2.33. The molecular weight excluding hydrogens is 318 g/mol. The van der Waals surface area contributed by atoms with Gasteiger partial charge in [0.15, 0.2) is 0 Å². The Kier molecular flexibility index (Phi) is 4.74. The Balaban J connectivity index is 1.87. The lowest BCUT2D eigenvalue weighted by Crippen LogP contribution is -2.26. The maximum atomic E-state index is 11.8. The lowest BCUT2D eigenvalue weighted by atomic mass is 10.1. The quantitative estimate of drug-likeness (QED) is 0.713. The molecule has 0 N–H and O–H groups in total. The molecule has 0 saturated heterocycles. The largest absolute Gasteiger partial charge is 0.481 e. The van der Waals surface area contributed by atoms with Gasteiger partial charge in [-0.25, -0.2) is 9.97 Å². The first-order valence-electron chi connectivity index (χ1n) is 7.77. The molecule has 0 aliphatic rings. The third kappa shape index (κ3) is 3.82. The monoisotopic (exact) mass is 337 g/mol. The van der Waals surface area contributed by atoms with Gasteiger partial charge in [-0.1, -0.05) is 18.2 Å². The Morgan fingerprint density at radius 2 is 1.88 bits per heavy atom. The van der Waals surface area contributed by atoms with Crippen molar-refractivity contribution >= 4 is 5.91 Å². The number of hydrogen-bond acceptors (Lipinski definition) is 5. The van der Waals surface area contributed by atoms with Crippen LogP contribution >= 0.6 is 0 Å². The second kappa shape index (κ2) is 7.12. The summed E-state index contributed by atoms with van der Waals surface area (Å²) in [5, 5.41) is 4.48. The van der Waals surface area contributed by atoms with Gasteiger partial charge in [0, 0.05) is 37.5 Å². The molecule has 1 aromatic carbocycles. The molecule has 2 heterocycles. The number of ether oxygens (including phenoxy) is 1. The highest BCUT2D eigenvalue weighted by molar-refractivity contribution is 5.75. The zero-order valence-electron chi connectivity index (χ0n) is 14.4. The highest BCUT2D eigenvalue weighted by Gasteiger charge is 2.09. The molecule has 7 heteroatoms. The van der Waals surface area contributed by atoms with Crippen molar-refractivity contribution in [2.24, 2.45) is 0 Å². The third-order valence-corrected chi connectivity index (χ3v) is 3.74. The highest BCUT2D eigenvalue weighted by Crippen LogP contribution is 2.25. The van der Waals surface area contributed by atoms with Crippen LogP contribution in [0.5, 0.6) is 5.88 Å². The first kappa shape index (κ1) is 16.6. The van der Waals surface area contributed by atoms with E-state index in [9.17, 15) is 4.79 Å². The smallest absolute Gasteiger partial charge is 0.243 e. The van der Waals surface area contributed by atoms with Crippen LogP contribution in [0, 0.1) is 0 Å². The van der Waals surface area contributed by atoms with Crippen molar-refractivity contribution in [3.05, 3.63) is 48.9 Å². The third-order valence-electron chi connectivity index (χ3n) is 3.74. The average molecular weight is 337 g/mol. The minimum absolute atomic E-state index is 0.00326. The number of carbonyl (C=O) groups is 1. The van der Waals surface area contributed by atoms with Crippen LogP contribution in [0.1, 0.15) is 0 Å². The number of aromatic nitrogens is 4. The van der Waals surface area contributed by atoms with Crippen molar-refractivity contribution in [1.29, 1.82) is 0 Å². The molecular formula is C18H19N5O2. The predicted molar refractivity (Wildman–Crippen MR) is 93.9 cm³/mol. The van der Waals surface area contributed by atoms with Gasteiger partial charge in [0.2, 0.25) is 11.8 Å². The number of rotatable bonds is 5. The summed E-state index contributed by atoms with van der Waals surface area (Å²) in [6, 6.07) is 11.6. The fraction of sp³-hybridized carbons (Fsp3) is 0.222. The van der Waals surface area contributed by atoms with Gasteiger partial charge in [-0.05, 0) is 12.1 Å². The molecule has 0 aliphatic heterocycles. The molecule has 128 valence electrons. The van der Waals surface area contributed by atoms with Crippen LogP contribution in [0.2, 0.25) is 0 Å². The van der Waals surface area contributed by atoms with E-state index in [1.165, 1.54) is 6.33 Å². The van der Waals surface area contributed by atoms with Gasteiger partial charge in [0.25, 0.3) is 0 Å². The van der Waals surface area contributed by atoms with E-state index in [1.54, 1.807) is 43.1 Å². The topological polar surface area (TPSA) is 73.1 Å². The van der Waals surface area contributed by atoms with Gasteiger partial charge in [0.05, 0.1) is 18.5 Å². The summed E-state index contributed by atoms with van der Waals surface area (Å²) in [7, 11) is 5.03. The molecule has 0 bridgehead atoms. The van der Waals surface area contributed by atoms with Crippen molar-refractivity contribution in [1.82, 2.24) is 24.6 Å². The predicted octanol–water partition coefficient (Wildman–Crippen LogP) is 2.10. The Morgan fingerprint density at radius 3 is 2.60 bits per heavy atom. The van der Waals surface area contributed by atoms with Crippen molar-refractivity contribution in [3.8, 4) is 28.4 Å². The minimum atomic E-state index is -0.00326. The molecule has 3 aromatic rings. The van der Waals surface area contributed by atoms with E-state index in [0.717, 1.165) is 22.5 Å². The number of amides is 1. The number of hydrogen-bond donors (Lipinski definition) is 0. The molecule has 1 amide bonds. The van der Waals surface area contributed by atoms with Crippen LogP contribution in [0.15, 0.2) is 48.9 Å². The zero-order valence-corrected chi connectivity index (χ0v) is 14.4. The molecule has 0 unspecified atom stereocenters. The summed E-state index contributed by atoms with van der Waals surface area (Å²) >= 11 is 0. The Labute approximate surface area is 145 Å². The molecule has 7 nitrogen and oxygen atoms in total. The van der Waals surface area contributed by atoms with Crippen molar-refractivity contribution in [3.63, 3.8) is 0 Å². The van der Waals surface area contributed by atoms with Crippen molar-refractivity contribution in [2.75, 3.05) is 21.2 Å². The normalized spacial score (nSPS) is 10.5. The Morgan fingerprint density at radius 1 is 1.12 bits per heavy atom. The standard InChI is InChI=1S/C18H19N5O2/c1-22(2)18(24)11-23-8-7-15(21-23)13-5-4-6-14(9-13)16-10-17(25-3)20-12-19-16/h4-10,12H,11H2,1-3H3. The fourth-order valence-electron chi connectivity index (χ4n) is 2.33. The molecule has 0 saturated carbocycles. The van der Waals surface area contributed by atoms with E-state index in [-0.39, 0.29) is 12.5 Å². The Hall–Kier alpha value is -3.22. The number of benzene rings is 1. The van der Waals surface area contributed by atoms with Crippen LogP contribution in [-0.4, -0.2) is 51.8 Å². The van der Waals surface area contributed by atoms with Gasteiger partial charge < -0.3 is 9.64 Å². The van der Waals surface area contributed by atoms with Crippen molar-refractivity contribution in [2.45, 2.75) is 6.54 Å². The number of likely N-dealkylation sites (N-methyl/N-ethyl adjacent to an activating group) is 1. The summed E-state index contributed by atoms with van der Waals surface area (Å²) in [5.74, 6) is 0.512. The molecule has 3 rings (SSSR count). The van der Waals surface area contributed by atoms with Crippen LogP contribution in [-0.2, 0) is 11.3 Å². The molecule has 0 radical (unpaired) electrons. The lowest BCUT2D eigenvalue weighted by molar-refractivity contribution is -0.129. The van der Waals surface area contributed by atoms with Crippen molar-refractivity contribution < 1.29 is 9.53 Å². The van der Waals surface area contributed by atoms with Gasteiger partial charge in [-0.15, -0.1) is 0 Å². The molecule has 2 aromatic heterocycles. The van der Waals surface area contributed by atoms with Gasteiger partial charge in [0.1, 0.15) is 12.9 Å². The lowest BCUT2D eigenvalue weighted by Gasteiger charge is -2.09. The van der Waals surface area contributed by atoms with E-state index >= 15 is 0 Å². The molecule has 25 heavy (non-hydrogen) atoms. The number of nitrogens with zero attached hydrogens (tertiary/aromatic N) is 5. The summed E-state index contributed by atoms with van der Waals surface area (Å²) in [6.07, 6.45) is 3.28. The van der Waals surface area contributed by atoms with Crippen LogP contribution in [0.25, 0.3) is 22.5 Å². The SMILES string of the molecule is COc1cc(-c2cccc(-c3ccn(CC(=O)N(C)C)n3)c2)ncn1. The minimum Gasteiger partial charge on any atom is -0.481 e. The zero-order chi connectivity index (χ0) is 17.8. The van der Waals surface area contributed by atoms with Crippen LogP contribution in [0.4, 0.5) is 0 Å². The summed E-state index contributed by atoms with van der Waals surface area (Å²) in [6.45, 7) is 0.218. The van der Waals surface area contributed by atoms with E-state index in [4.69, 9.17) is 4.74 Å². The Bertz CT molecular complexity index is 888. The van der Waals surface area contributed by atoms with Gasteiger partial charge in [-0.2, -0.15) is 5.10 Å². The van der Waals surface area contributed by atoms with Crippen LogP contribution < -0.4 is 4.74 Å². The summed E-state index contributed by atoms with van der Waals surface area (Å²) < 4.78 is 6.79. The molecule has 0 fully saturated rings. The average Bonchev–Trinajstić information content (AvgIpc) is 3.10. The first-order chi connectivity index (χ1) is 12.1. The van der Waals surface area contributed by atoms with E-state index in [0.29, 0.717) is 5.88 Å². The number of methoxy groups -OCH3 is 1. The second-order valence-corrected chi connectivity index (χ2v) is 5.71. The maximum Gasteiger partial charge on any atom is 0.243 e. The second-order valence-electron chi connectivity index (χ2n) is 5.71. The van der Waals surface area contributed by atoms with E-state index in [2.05, 4.69) is 15.1 Å². The van der Waals surface area contributed by atoms with Gasteiger partial charge >= 0.3 is 0 Å². The highest BCUT2D eigenvalue weighted by atomic mass is 16.5. The summed E-state index contributed by atoms with van der Waals surface area (Å²) in [5.41, 5.74) is 3.47. The van der Waals surface area contributed by atoms with Crippen LogP contribution in [0.3, 0.4) is 0 Å². The van der Waals surface area contributed by atoms with Gasteiger partial charge in [-0.3, -0.25) is 9.48 Å². The van der Waals surface area contributed by atoms with E-state index in [1.807, 2.05) is 30.3 Å². The molecule has 0 aliphatic carbocycles.